The maximum Gasteiger partial charge on any atom is 0.208 e. The molecule has 0 saturated carbocycles. The first kappa shape index (κ1) is 7.96. The van der Waals surface area contributed by atoms with E-state index in [-0.39, 0.29) is 0 Å². The number of allylic oxidation sites excluding steroid dienone is 1. The zero-order valence-corrected chi connectivity index (χ0v) is 7.30. The van der Waals surface area contributed by atoms with Crippen molar-refractivity contribution in [1.29, 1.82) is 5.26 Å². The summed E-state index contributed by atoms with van der Waals surface area (Å²) >= 11 is 5.77. The number of hydrogen-bond acceptors (Lipinski definition) is 3. The number of benzene rings is 1. The van der Waals surface area contributed by atoms with Crippen LogP contribution in [0.5, 0.6) is 5.75 Å². The molecule has 13 heavy (non-hydrogen) atoms. The minimum Gasteiger partial charge on any atom is -0.438 e. The van der Waals surface area contributed by atoms with Gasteiger partial charge in [0.25, 0.3) is 0 Å². The number of halogens is 1. The average molecular weight is 193 g/mol. The van der Waals surface area contributed by atoms with E-state index >= 15 is 0 Å². The van der Waals surface area contributed by atoms with E-state index in [0.29, 0.717) is 16.7 Å². The predicted molar refractivity (Wildman–Crippen MR) is 49.4 cm³/mol. The van der Waals surface area contributed by atoms with Crippen molar-refractivity contribution in [2.45, 2.75) is 0 Å². The first-order valence-corrected chi connectivity index (χ1v) is 4.01. The Labute approximate surface area is 80.2 Å². The minimum absolute atomic E-state index is 0.430. The molecule has 0 aliphatic carbocycles. The third-order valence-electron chi connectivity index (χ3n) is 1.62. The molecule has 0 aromatic heterocycles. The van der Waals surface area contributed by atoms with Crippen LogP contribution in [0.25, 0.3) is 0 Å². The molecule has 1 aliphatic rings. The molecular weight excluding hydrogens is 188 g/mol. The zero-order chi connectivity index (χ0) is 9.26. The summed E-state index contributed by atoms with van der Waals surface area (Å²) in [6.07, 6.45) is 1.30. The summed E-state index contributed by atoms with van der Waals surface area (Å²) in [6.45, 7) is 0. The second-order valence-electron chi connectivity index (χ2n) is 2.51. The van der Waals surface area contributed by atoms with Gasteiger partial charge in [-0.3, -0.25) is 0 Å². The Morgan fingerprint density at radius 3 is 3.15 bits per heavy atom. The molecule has 0 fully saturated rings. The van der Waals surface area contributed by atoms with Gasteiger partial charge >= 0.3 is 0 Å². The normalized spacial score (nSPS) is 15.8. The van der Waals surface area contributed by atoms with Gasteiger partial charge < -0.3 is 10.1 Å². The Balaban J connectivity index is 2.37. The molecule has 1 aliphatic heterocycles. The number of anilines is 1. The molecule has 1 aromatic rings. The highest BCUT2D eigenvalue weighted by Gasteiger charge is 2.15. The molecule has 0 atom stereocenters. The number of hydrogen-bond donors (Lipinski definition) is 1. The van der Waals surface area contributed by atoms with Crippen LogP contribution in [0, 0.1) is 11.3 Å². The highest BCUT2D eigenvalue weighted by molar-refractivity contribution is 6.31. The predicted octanol–water partition coefficient (Wildman–Crippen LogP) is 2.51. The SMILES string of the molecule is N#CC=C1Nc2cc(Cl)ccc2O1. The molecular formula is C9H5ClN2O. The van der Waals surface area contributed by atoms with Crippen molar-refractivity contribution in [3.8, 4) is 11.8 Å². The topological polar surface area (TPSA) is 45.0 Å². The first-order valence-electron chi connectivity index (χ1n) is 3.64. The maximum atomic E-state index is 8.39. The lowest BCUT2D eigenvalue weighted by Gasteiger charge is -1.94. The van der Waals surface area contributed by atoms with E-state index in [2.05, 4.69) is 5.32 Å². The van der Waals surface area contributed by atoms with E-state index in [9.17, 15) is 0 Å². The Morgan fingerprint density at radius 2 is 2.38 bits per heavy atom. The number of nitriles is 1. The molecule has 1 aromatic carbocycles. The number of rotatable bonds is 0. The van der Waals surface area contributed by atoms with Crippen molar-refractivity contribution < 1.29 is 4.74 Å². The first-order chi connectivity index (χ1) is 6.29. The van der Waals surface area contributed by atoms with E-state index in [4.69, 9.17) is 21.6 Å². The van der Waals surface area contributed by atoms with Gasteiger partial charge in [0.05, 0.1) is 17.8 Å². The van der Waals surface area contributed by atoms with E-state index in [1.165, 1.54) is 6.08 Å². The Hall–Kier alpha value is -1.66. The second kappa shape index (κ2) is 3.00. The van der Waals surface area contributed by atoms with Gasteiger partial charge in [-0.25, -0.2) is 0 Å². The number of ether oxygens (including phenoxy) is 1. The Bertz CT molecular complexity index is 420. The summed E-state index contributed by atoms with van der Waals surface area (Å²) in [6, 6.07) is 7.11. The third kappa shape index (κ3) is 1.44. The fourth-order valence-corrected chi connectivity index (χ4v) is 1.26. The lowest BCUT2D eigenvalue weighted by molar-refractivity contribution is 0.457. The van der Waals surface area contributed by atoms with Crippen LogP contribution in [0.2, 0.25) is 5.02 Å². The van der Waals surface area contributed by atoms with Crippen molar-refractivity contribution in [1.82, 2.24) is 0 Å². The molecule has 0 bridgehead atoms. The van der Waals surface area contributed by atoms with Gasteiger partial charge in [-0.1, -0.05) is 11.6 Å². The molecule has 3 nitrogen and oxygen atoms in total. The van der Waals surface area contributed by atoms with E-state index in [0.717, 1.165) is 5.69 Å². The zero-order valence-electron chi connectivity index (χ0n) is 6.54. The monoisotopic (exact) mass is 192 g/mol. The average Bonchev–Trinajstić information content (AvgIpc) is 2.46. The molecule has 2 rings (SSSR count). The number of fused-ring (bicyclic) bond motifs is 1. The van der Waals surface area contributed by atoms with E-state index in [1.54, 1.807) is 18.2 Å². The van der Waals surface area contributed by atoms with Gasteiger partial charge in [0.2, 0.25) is 5.88 Å². The summed E-state index contributed by atoms with van der Waals surface area (Å²) < 4.78 is 5.27. The second-order valence-corrected chi connectivity index (χ2v) is 2.94. The molecule has 0 saturated heterocycles. The number of nitrogens with one attached hydrogen (secondary N) is 1. The van der Waals surface area contributed by atoms with Crippen LogP contribution in [0.15, 0.2) is 30.2 Å². The van der Waals surface area contributed by atoms with Crippen LogP contribution < -0.4 is 10.1 Å². The standard InChI is InChI=1S/C9H5ClN2O/c10-6-1-2-8-7(5-6)12-9(13-8)3-4-11/h1-3,5,12H. The Kier molecular flexibility index (Phi) is 1.84. The van der Waals surface area contributed by atoms with Gasteiger partial charge in [0, 0.05) is 5.02 Å². The third-order valence-corrected chi connectivity index (χ3v) is 1.85. The van der Waals surface area contributed by atoms with Crippen molar-refractivity contribution in [3.05, 3.63) is 35.2 Å². The fourth-order valence-electron chi connectivity index (χ4n) is 1.09. The number of nitrogens with zero attached hydrogens (tertiary/aromatic N) is 1. The molecule has 0 unspecified atom stereocenters. The molecule has 4 heteroatoms. The summed E-state index contributed by atoms with van der Waals surface area (Å²) in [4.78, 5) is 0. The van der Waals surface area contributed by atoms with Gasteiger partial charge in [-0.05, 0) is 18.2 Å². The van der Waals surface area contributed by atoms with Crippen LogP contribution in [0.1, 0.15) is 0 Å². The maximum absolute atomic E-state index is 8.39. The van der Waals surface area contributed by atoms with Crippen LogP contribution >= 0.6 is 11.6 Å². The minimum atomic E-state index is 0.430. The summed E-state index contributed by atoms with van der Waals surface area (Å²) in [5.74, 6) is 1.12. The molecule has 0 amide bonds. The van der Waals surface area contributed by atoms with Gasteiger partial charge in [0.1, 0.15) is 0 Å². The summed E-state index contributed by atoms with van der Waals surface area (Å²) in [7, 11) is 0. The van der Waals surface area contributed by atoms with Crippen LogP contribution in [-0.4, -0.2) is 0 Å². The molecule has 64 valence electrons. The largest absolute Gasteiger partial charge is 0.438 e. The van der Waals surface area contributed by atoms with E-state index < -0.39 is 0 Å². The van der Waals surface area contributed by atoms with Crippen LogP contribution in [-0.2, 0) is 0 Å². The van der Waals surface area contributed by atoms with Gasteiger partial charge in [-0.2, -0.15) is 5.26 Å². The van der Waals surface area contributed by atoms with Gasteiger partial charge in [0.15, 0.2) is 5.75 Å². The van der Waals surface area contributed by atoms with Crippen LogP contribution in [0.3, 0.4) is 0 Å². The van der Waals surface area contributed by atoms with Crippen molar-refractivity contribution in [2.24, 2.45) is 0 Å². The van der Waals surface area contributed by atoms with Crippen molar-refractivity contribution >= 4 is 17.3 Å². The Morgan fingerprint density at radius 1 is 1.54 bits per heavy atom. The summed E-state index contributed by atoms with van der Waals surface area (Å²) in [5, 5.41) is 11.9. The molecule has 0 spiro atoms. The van der Waals surface area contributed by atoms with Crippen molar-refractivity contribution in [2.75, 3.05) is 5.32 Å². The smallest absolute Gasteiger partial charge is 0.208 e. The quantitative estimate of drug-likeness (QED) is 0.643. The molecule has 1 heterocycles. The highest BCUT2D eigenvalue weighted by atomic mass is 35.5. The summed E-state index contributed by atoms with van der Waals surface area (Å²) in [5.41, 5.74) is 0.786. The van der Waals surface area contributed by atoms with Crippen molar-refractivity contribution in [3.63, 3.8) is 0 Å². The molecule has 0 radical (unpaired) electrons. The van der Waals surface area contributed by atoms with Gasteiger partial charge in [-0.15, -0.1) is 0 Å². The lowest BCUT2D eigenvalue weighted by Crippen LogP contribution is -1.94. The lowest BCUT2D eigenvalue weighted by atomic mass is 10.3. The van der Waals surface area contributed by atoms with Crippen LogP contribution in [0.4, 0.5) is 5.69 Å². The fraction of sp³-hybridized carbons (Fsp3) is 0. The molecule has 1 N–H and O–H groups in total. The van der Waals surface area contributed by atoms with E-state index in [1.807, 2.05) is 6.07 Å². The highest BCUT2D eigenvalue weighted by Crippen LogP contribution is 2.34.